The molecule has 0 radical (unpaired) electrons. The van der Waals surface area contributed by atoms with E-state index in [1.807, 2.05) is 38.1 Å². The van der Waals surface area contributed by atoms with E-state index in [0.29, 0.717) is 6.42 Å². The van der Waals surface area contributed by atoms with Crippen molar-refractivity contribution in [2.75, 3.05) is 32.1 Å². The Morgan fingerprint density at radius 2 is 1.72 bits per heavy atom. The molecule has 0 aliphatic rings. The third-order valence-corrected chi connectivity index (χ3v) is 2.88. The van der Waals surface area contributed by atoms with Crippen LogP contribution in [0.3, 0.4) is 0 Å². The van der Waals surface area contributed by atoms with Crippen molar-refractivity contribution in [3.05, 3.63) is 29.8 Å². The summed E-state index contributed by atoms with van der Waals surface area (Å²) in [6, 6.07) is 8.16. The Labute approximate surface area is 110 Å². The molecule has 1 aromatic rings. The number of aryl methyl sites for hydroxylation is 1. The van der Waals surface area contributed by atoms with Gasteiger partial charge in [-0.25, -0.2) is 0 Å². The zero-order valence-electron chi connectivity index (χ0n) is 11.9. The summed E-state index contributed by atoms with van der Waals surface area (Å²) in [6.45, 7) is 5.72. The number of hydrogen-bond acceptors (Lipinski definition) is 2. The molecule has 0 heterocycles. The van der Waals surface area contributed by atoms with Gasteiger partial charge in [0.1, 0.15) is 0 Å². The quantitative estimate of drug-likeness (QED) is 0.773. The van der Waals surface area contributed by atoms with Crippen molar-refractivity contribution in [1.29, 1.82) is 0 Å². The third-order valence-electron chi connectivity index (χ3n) is 2.88. The minimum Gasteiger partial charge on any atom is -0.311 e. The predicted octanol–water partition coefficient (Wildman–Crippen LogP) is 2.69. The van der Waals surface area contributed by atoms with Crippen molar-refractivity contribution >= 4 is 11.6 Å². The molecule has 0 aliphatic carbocycles. The second-order valence-corrected chi connectivity index (χ2v) is 4.93. The molecule has 1 rings (SSSR count). The monoisotopic (exact) mass is 248 g/mol. The molecule has 3 nitrogen and oxygen atoms in total. The van der Waals surface area contributed by atoms with Crippen molar-refractivity contribution in [1.82, 2.24) is 4.90 Å². The van der Waals surface area contributed by atoms with Gasteiger partial charge in [0.15, 0.2) is 0 Å². The highest BCUT2D eigenvalue weighted by Gasteiger charge is 2.14. The fourth-order valence-corrected chi connectivity index (χ4v) is 1.77. The molecule has 1 aromatic carbocycles. The number of benzene rings is 1. The molecule has 0 unspecified atom stereocenters. The van der Waals surface area contributed by atoms with Crippen molar-refractivity contribution in [3.63, 3.8) is 0 Å². The summed E-state index contributed by atoms with van der Waals surface area (Å²) < 4.78 is 0. The van der Waals surface area contributed by atoms with Gasteiger partial charge >= 0.3 is 0 Å². The first kappa shape index (κ1) is 14.7. The predicted molar refractivity (Wildman–Crippen MR) is 77.0 cm³/mol. The normalized spacial score (nSPS) is 10.7. The second-order valence-electron chi connectivity index (χ2n) is 4.93. The average molecular weight is 248 g/mol. The number of hydrogen-bond donors (Lipinski definition) is 0. The molecule has 0 fully saturated rings. The van der Waals surface area contributed by atoms with Crippen LogP contribution in [0.5, 0.6) is 0 Å². The summed E-state index contributed by atoms with van der Waals surface area (Å²) in [5.41, 5.74) is 2.22. The van der Waals surface area contributed by atoms with E-state index in [1.165, 1.54) is 5.56 Å². The molecular weight excluding hydrogens is 224 g/mol. The highest BCUT2D eigenvalue weighted by molar-refractivity contribution is 5.93. The Balaban J connectivity index is 2.82. The van der Waals surface area contributed by atoms with Gasteiger partial charge in [0.2, 0.25) is 5.91 Å². The molecule has 0 saturated heterocycles. The van der Waals surface area contributed by atoms with E-state index >= 15 is 0 Å². The zero-order chi connectivity index (χ0) is 13.5. The molecule has 0 spiro atoms. The summed E-state index contributed by atoms with van der Waals surface area (Å²) in [6.07, 6.45) is 1.50. The first-order valence-electron chi connectivity index (χ1n) is 6.56. The van der Waals surface area contributed by atoms with Gasteiger partial charge in [0, 0.05) is 25.2 Å². The van der Waals surface area contributed by atoms with E-state index in [0.717, 1.165) is 25.2 Å². The molecule has 0 saturated carbocycles. The SMILES string of the molecule is CCCC(=O)N(CCN(C)C)c1ccc(C)cc1. The summed E-state index contributed by atoms with van der Waals surface area (Å²) in [4.78, 5) is 16.1. The number of amides is 1. The first-order chi connectivity index (χ1) is 8.54. The zero-order valence-corrected chi connectivity index (χ0v) is 11.9. The number of likely N-dealkylation sites (N-methyl/N-ethyl adjacent to an activating group) is 1. The second kappa shape index (κ2) is 7.17. The molecule has 0 N–H and O–H groups in total. The maximum atomic E-state index is 12.1. The number of anilines is 1. The van der Waals surface area contributed by atoms with Crippen LogP contribution in [0.25, 0.3) is 0 Å². The summed E-state index contributed by atoms with van der Waals surface area (Å²) in [5, 5.41) is 0. The number of carbonyl (C=O) groups excluding carboxylic acids is 1. The summed E-state index contributed by atoms with van der Waals surface area (Å²) in [5.74, 6) is 0.211. The smallest absolute Gasteiger partial charge is 0.227 e. The van der Waals surface area contributed by atoms with Gasteiger partial charge in [-0.15, -0.1) is 0 Å². The van der Waals surface area contributed by atoms with Crippen LogP contribution in [0, 0.1) is 6.92 Å². The molecular formula is C15H24N2O. The first-order valence-corrected chi connectivity index (χ1v) is 6.56. The Bertz CT molecular complexity index is 371. The minimum atomic E-state index is 0.211. The lowest BCUT2D eigenvalue weighted by Gasteiger charge is -2.24. The maximum absolute atomic E-state index is 12.1. The fourth-order valence-electron chi connectivity index (χ4n) is 1.77. The maximum Gasteiger partial charge on any atom is 0.227 e. The molecule has 18 heavy (non-hydrogen) atoms. The molecule has 0 atom stereocenters. The van der Waals surface area contributed by atoms with Crippen molar-refractivity contribution in [3.8, 4) is 0 Å². The van der Waals surface area contributed by atoms with Crippen LogP contribution in [-0.4, -0.2) is 38.0 Å². The van der Waals surface area contributed by atoms with Gasteiger partial charge in [-0.1, -0.05) is 24.6 Å². The van der Waals surface area contributed by atoms with Crippen molar-refractivity contribution < 1.29 is 4.79 Å². The van der Waals surface area contributed by atoms with Gasteiger partial charge in [-0.3, -0.25) is 4.79 Å². The molecule has 100 valence electrons. The molecule has 0 aliphatic heterocycles. The number of rotatable bonds is 6. The van der Waals surface area contributed by atoms with Gasteiger partial charge < -0.3 is 9.80 Å². The summed E-state index contributed by atoms with van der Waals surface area (Å²) in [7, 11) is 4.05. The van der Waals surface area contributed by atoms with Gasteiger partial charge in [0.25, 0.3) is 0 Å². The van der Waals surface area contributed by atoms with Crippen LogP contribution in [-0.2, 0) is 4.79 Å². The molecule has 0 aromatic heterocycles. The molecule has 1 amide bonds. The topological polar surface area (TPSA) is 23.6 Å². The number of nitrogens with zero attached hydrogens (tertiary/aromatic N) is 2. The highest BCUT2D eigenvalue weighted by atomic mass is 16.2. The van der Waals surface area contributed by atoms with Gasteiger partial charge in [-0.2, -0.15) is 0 Å². The lowest BCUT2D eigenvalue weighted by atomic mass is 10.2. The van der Waals surface area contributed by atoms with Gasteiger partial charge in [0.05, 0.1) is 0 Å². The summed E-state index contributed by atoms with van der Waals surface area (Å²) >= 11 is 0. The van der Waals surface area contributed by atoms with Crippen LogP contribution in [0.4, 0.5) is 5.69 Å². The van der Waals surface area contributed by atoms with Crippen molar-refractivity contribution in [2.45, 2.75) is 26.7 Å². The van der Waals surface area contributed by atoms with E-state index < -0.39 is 0 Å². The average Bonchev–Trinajstić information content (AvgIpc) is 2.31. The van der Waals surface area contributed by atoms with Crippen LogP contribution < -0.4 is 4.90 Å². The highest BCUT2D eigenvalue weighted by Crippen LogP contribution is 2.16. The largest absolute Gasteiger partial charge is 0.311 e. The van der Waals surface area contributed by atoms with E-state index in [-0.39, 0.29) is 5.91 Å². The lowest BCUT2D eigenvalue weighted by Crippen LogP contribution is -2.36. The third kappa shape index (κ3) is 4.49. The van der Waals surface area contributed by atoms with Gasteiger partial charge in [-0.05, 0) is 39.6 Å². The fraction of sp³-hybridized carbons (Fsp3) is 0.533. The van der Waals surface area contributed by atoms with Crippen LogP contribution in [0.1, 0.15) is 25.3 Å². The van der Waals surface area contributed by atoms with E-state index in [2.05, 4.69) is 24.0 Å². The lowest BCUT2D eigenvalue weighted by molar-refractivity contribution is -0.118. The standard InChI is InChI=1S/C15H24N2O/c1-5-6-15(18)17(12-11-16(3)4)14-9-7-13(2)8-10-14/h7-10H,5-6,11-12H2,1-4H3. The number of carbonyl (C=O) groups is 1. The van der Waals surface area contributed by atoms with E-state index in [1.54, 1.807) is 0 Å². The Morgan fingerprint density at radius 1 is 1.11 bits per heavy atom. The van der Waals surface area contributed by atoms with Crippen LogP contribution in [0.2, 0.25) is 0 Å². The molecule has 0 bridgehead atoms. The van der Waals surface area contributed by atoms with Crippen LogP contribution in [0.15, 0.2) is 24.3 Å². The van der Waals surface area contributed by atoms with Crippen LogP contribution >= 0.6 is 0 Å². The van der Waals surface area contributed by atoms with Crippen molar-refractivity contribution in [2.24, 2.45) is 0 Å². The molecule has 3 heteroatoms. The Morgan fingerprint density at radius 3 is 2.22 bits per heavy atom. The van der Waals surface area contributed by atoms with E-state index in [4.69, 9.17) is 0 Å². The Kier molecular flexibility index (Phi) is 5.86. The minimum absolute atomic E-state index is 0.211. The van der Waals surface area contributed by atoms with E-state index in [9.17, 15) is 4.79 Å². The Hall–Kier alpha value is -1.35.